The Balaban J connectivity index is 2.35. The number of rotatable bonds is 10. The largest absolute Gasteiger partial charge is 0.478 e. The summed E-state index contributed by atoms with van der Waals surface area (Å²) in [5.74, 6) is -1.04. The Hall–Kier alpha value is -1.84. The van der Waals surface area contributed by atoms with Crippen molar-refractivity contribution >= 4 is 17.4 Å². The van der Waals surface area contributed by atoms with Gasteiger partial charge in [0, 0.05) is 17.7 Å². The molecule has 0 fully saturated rings. The summed E-state index contributed by atoms with van der Waals surface area (Å²) in [6.45, 7) is 2.19. The topological polar surface area (TPSA) is 80.4 Å². The fourth-order valence-electron chi connectivity index (χ4n) is 2.32. The number of Topliss-reactive ketones (excluding diaryl/α,β-unsaturated/α-hetero) is 1. The van der Waals surface area contributed by atoms with Crippen LogP contribution < -0.4 is 5.73 Å². The molecule has 1 aromatic carbocycles. The van der Waals surface area contributed by atoms with E-state index in [0.717, 1.165) is 12.8 Å². The zero-order chi connectivity index (χ0) is 15.7. The quantitative estimate of drug-likeness (QED) is 0.383. The lowest BCUT2D eigenvalue weighted by molar-refractivity contribution is 0.0697. The number of hydrogen-bond acceptors (Lipinski definition) is 3. The molecule has 4 nitrogen and oxygen atoms in total. The maximum Gasteiger partial charge on any atom is 0.337 e. The summed E-state index contributed by atoms with van der Waals surface area (Å²) in [5.41, 5.74) is 6.34. The minimum absolute atomic E-state index is 0.0344. The molecule has 21 heavy (non-hydrogen) atoms. The number of hydrogen-bond donors (Lipinski definition) is 2. The number of unbranched alkanes of at least 4 members (excludes halogenated alkanes) is 6. The lowest BCUT2D eigenvalue weighted by Crippen LogP contribution is -2.05. The highest BCUT2D eigenvalue weighted by Crippen LogP contribution is 2.17. The monoisotopic (exact) mass is 291 g/mol. The van der Waals surface area contributed by atoms with Crippen LogP contribution in [-0.2, 0) is 0 Å². The van der Waals surface area contributed by atoms with Gasteiger partial charge in [-0.3, -0.25) is 4.79 Å². The Kier molecular flexibility index (Phi) is 7.51. The molecule has 4 heteroatoms. The Labute approximate surface area is 126 Å². The Morgan fingerprint density at radius 2 is 1.67 bits per heavy atom. The minimum Gasteiger partial charge on any atom is -0.478 e. The van der Waals surface area contributed by atoms with Crippen molar-refractivity contribution in [3.05, 3.63) is 29.3 Å². The molecule has 0 saturated carbocycles. The van der Waals surface area contributed by atoms with E-state index in [9.17, 15) is 9.59 Å². The van der Waals surface area contributed by atoms with Gasteiger partial charge >= 0.3 is 5.97 Å². The summed E-state index contributed by atoms with van der Waals surface area (Å²) in [6.07, 6.45) is 8.66. The normalized spacial score (nSPS) is 10.5. The van der Waals surface area contributed by atoms with E-state index < -0.39 is 5.97 Å². The van der Waals surface area contributed by atoms with Crippen LogP contribution in [-0.4, -0.2) is 16.9 Å². The molecule has 0 unspecified atom stereocenters. The molecule has 0 spiro atoms. The van der Waals surface area contributed by atoms with E-state index in [0.29, 0.717) is 12.0 Å². The maximum atomic E-state index is 12.0. The average Bonchev–Trinajstić information content (AvgIpc) is 2.45. The summed E-state index contributed by atoms with van der Waals surface area (Å²) >= 11 is 0. The van der Waals surface area contributed by atoms with E-state index in [-0.39, 0.29) is 17.0 Å². The predicted molar refractivity (Wildman–Crippen MR) is 84.8 cm³/mol. The molecule has 0 aliphatic carbocycles. The van der Waals surface area contributed by atoms with Crippen molar-refractivity contribution in [2.45, 2.75) is 58.3 Å². The van der Waals surface area contributed by atoms with Crippen LogP contribution in [0.5, 0.6) is 0 Å². The summed E-state index contributed by atoms with van der Waals surface area (Å²) in [6, 6.07) is 4.41. The first-order valence-corrected chi connectivity index (χ1v) is 7.72. The second-order valence-corrected chi connectivity index (χ2v) is 5.40. The molecule has 0 atom stereocenters. The van der Waals surface area contributed by atoms with E-state index in [4.69, 9.17) is 10.8 Å². The first kappa shape index (κ1) is 17.2. The van der Waals surface area contributed by atoms with E-state index in [1.54, 1.807) is 6.07 Å². The molecule has 116 valence electrons. The predicted octanol–water partition coefficient (Wildman–Crippen LogP) is 4.29. The summed E-state index contributed by atoms with van der Waals surface area (Å²) < 4.78 is 0. The van der Waals surface area contributed by atoms with Crippen molar-refractivity contribution in [3.8, 4) is 0 Å². The number of aromatic carboxylic acids is 1. The van der Waals surface area contributed by atoms with Crippen molar-refractivity contribution < 1.29 is 14.7 Å². The molecule has 1 rings (SSSR count). The average molecular weight is 291 g/mol. The van der Waals surface area contributed by atoms with Crippen LogP contribution in [0.2, 0.25) is 0 Å². The van der Waals surface area contributed by atoms with Gasteiger partial charge in [0.2, 0.25) is 0 Å². The molecule has 0 bridgehead atoms. The Morgan fingerprint density at radius 3 is 2.24 bits per heavy atom. The number of carboxylic acids is 1. The van der Waals surface area contributed by atoms with Crippen LogP contribution in [0.4, 0.5) is 5.69 Å². The van der Waals surface area contributed by atoms with Crippen molar-refractivity contribution in [1.82, 2.24) is 0 Å². The van der Waals surface area contributed by atoms with Crippen LogP contribution in [0.1, 0.15) is 79.0 Å². The van der Waals surface area contributed by atoms with Gasteiger partial charge in [-0.15, -0.1) is 0 Å². The van der Waals surface area contributed by atoms with E-state index in [1.807, 2.05) is 0 Å². The van der Waals surface area contributed by atoms with Gasteiger partial charge in [-0.25, -0.2) is 4.79 Å². The number of carbonyl (C=O) groups is 2. The zero-order valence-electron chi connectivity index (χ0n) is 12.7. The zero-order valence-corrected chi connectivity index (χ0v) is 12.7. The number of ketones is 1. The number of benzene rings is 1. The lowest BCUT2D eigenvalue weighted by atomic mass is 10.0. The standard InChI is InChI=1S/C17H25NO3/c1-2-3-4-5-6-7-8-9-16(19)13-10-11-14(17(20)21)15(18)12-13/h10-12H,2-9,18H2,1H3,(H,20,21). The highest BCUT2D eigenvalue weighted by Gasteiger charge is 2.11. The van der Waals surface area contributed by atoms with Gasteiger partial charge < -0.3 is 10.8 Å². The number of carbonyl (C=O) groups excluding carboxylic acids is 1. The van der Waals surface area contributed by atoms with Crippen LogP contribution in [0.25, 0.3) is 0 Å². The molecular formula is C17H25NO3. The third-order valence-corrected chi connectivity index (χ3v) is 3.61. The van der Waals surface area contributed by atoms with Crippen molar-refractivity contribution in [1.29, 1.82) is 0 Å². The van der Waals surface area contributed by atoms with Crippen molar-refractivity contribution in [2.75, 3.05) is 5.73 Å². The number of nitrogen functional groups attached to an aromatic ring is 1. The smallest absolute Gasteiger partial charge is 0.337 e. The van der Waals surface area contributed by atoms with Gasteiger partial charge in [-0.05, 0) is 18.6 Å². The van der Waals surface area contributed by atoms with Crippen LogP contribution in [0.3, 0.4) is 0 Å². The molecule has 0 radical (unpaired) electrons. The fourth-order valence-corrected chi connectivity index (χ4v) is 2.32. The second kappa shape index (κ2) is 9.16. The second-order valence-electron chi connectivity index (χ2n) is 5.40. The first-order chi connectivity index (χ1) is 10.1. The summed E-state index contributed by atoms with van der Waals surface area (Å²) in [5, 5.41) is 8.89. The molecule has 0 saturated heterocycles. The first-order valence-electron chi connectivity index (χ1n) is 7.72. The van der Waals surface area contributed by atoms with Gasteiger partial charge in [0.15, 0.2) is 5.78 Å². The molecule has 1 aromatic rings. The number of carboxylic acid groups (broad SMARTS) is 1. The number of nitrogens with two attached hydrogens (primary N) is 1. The molecular weight excluding hydrogens is 266 g/mol. The Bertz CT molecular complexity index is 483. The van der Waals surface area contributed by atoms with Crippen LogP contribution in [0, 0.1) is 0 Å². The van der Waals surface area contributed by atoms with Crippen molar-refractivity contribution in [3.63, 3.8) is 0 Å². The van der Waals surface area contributed by atoms with Crippen LogP contribution >= 0.6 is 0 Å². The summed E-state index contributed by atoms with van der Waals surface area (Å²) in [4.78, 5) is 22.9. The highest BCUT2D eigenvalue weighted by molar-refractivity contribution is 6.00. The van der Waals surface area contributed by atoms with Crippen LogP contribution in [0.15, 0.2) is 18.2 Å². The highest BCUT2D eigenvalue weighted by atomic mass is 16.4. The lowest BCUT2D eigenvalue weighted by Gasteiger charge is -2.05. The molecule has 0 aromatic heterocycles. The van der Waals surface area contributed by atoms with Gasteiger partial charge in [0.1, 0.15) is 0 Å². The molecule has 0 aliphatic heterocycles. The molecule has 0 aliphatic rings. The molecule has 0 amide bonds. The van der Waals surface area contributed by atoms with Gasteiger partial charge in [-0.2, -0.15) is 0 Å². The number of anilines is 1. The molecule has 3 N–H and O–H groups in total. The van der Waals surface area contributed by atoms with Gasteiger partial charge in [0.25, 0.3) is 0 Å². The van der Waals surface area contributed by atoms with E-state index in [1.165, 1.54) is 44.2 Å². The Morgan fingerprint density at radius 1 is 1.05 bits per heavy atom. The van der Waals surface area contributed by atoms with Gasteiger partial charge in [-0.1, -0.05) is 51.5 Å². The maximum absolute atomic E-state index is 12.0. The summed E-state index contributed by atoms with van der Waals surface area (Å²) in [7, 11) is 0. The molecule has 0 heterocycles. The fraction of sp³-hybridized carbons (Fsp3) is 0.529. The SMILES string of the molecule is CCCCCCCCCC(=O)c1ccc(C(=O)O)c(N)c1. The minimum atomic E-state index is -1.07. The van der Waals surface area contributed by atoms with E-state index in [2.05, 4.69) is 6.92 Å². The van der Waals surface area contributed by atoms with E-state index >= 15 is 0 Å². The third-order valence-electron chi connectivity index (χ3n) is 3.61. The third kappa shape index (κ3) is 5.98. The van der Waals surface area contributed by atoms with Gasteiger partial charge in [0.05, 0.1) is 5.56 Å². The van der Waals surface area contributed by atoms with Crippen molar-refractivity contribution in [2.24, 2.45) is 0 Å².